The van der Waals surface area contributed by atoms with E-state index in [1.807, 2.05) is 0 Å². The summed E-state index contributed by atoms with van der Waals surface area (Å²) in [6.07, 6.45) is 1.51. The van der Waals surface area contributed by atoms with Crippen LogP contribution in [-0.4, -0.2) is 29.1 Å². The molecule has 0 aromatic heterocycles. The minimum atomic E-state index is -3.69. The van der Waals surface area contributed by atoms with Crippen LogP contribution in [0.4, 0.5) is 0 Å². The third-order valence-electron chi connectivity index (χ3n) is 2.72. The first kappa shape index (κ1) is 16.2. The highest BCUT2D eigenvalue weighted by molar-refractivity contribution is 9.11. The molecule has 1 aliphatic heterocycles. The number of sulfonamides is 1. The zero-order valence-corrected chi connectivity index (χ0v) is 14.9. The molecule has 0 saturated carbocycles. The molecule has 2 rings (SSSR count). The quantitative estimate of drug-likeness (QED) is 0.770. The van der Waals surface area contributed by atoms with Crippen molar-refractivity contribution < 1.29 is 16.8 Å². The van der Waals surface area contributed by atoms with Gasteiger partial charge in [0.2, 0.25) is 10.0 Å². The SMILES string of the molecule is O=S1(=O)C=C[C@H](CNS(=O)(=O)c2cc(Br)ccc2Br)C1. The third-order valence-corrected chi connectivity index (χ3v) is 7.10. The molecule has 1 aromatic rings. The lowest BCUT2D eigenvalue weighted by Crippen LogP contribution is -2.30. The summed E-state index contributed by atoms with van der Waals surface area (Å²) in [7, 11) is -6.87. The lowest BCUT2D eigenvalue weighted by molar-refractivity contribution is 0.567. The maximum Gasteiger partial charge on any atom is 0.241 e. The number of benzene rings is 1. The summed E-state index contributed by atoms with van der Waals surface area (Å²) < 4.78 is 50.4. The van der Waals surface area contributed by atoms with Gasteiger partial charge >= 0.3 is 0 Å². The number of hydrogen-bond donors (Lipinski definition) is 1. The summed E-state index contributed by atoms with van der Waals surface area (Å²) in [4.78, 5) is 0.108. The molecule has 1 atom stereocenters. The minimum Gasteiger partial charge on any atom is -0.224 e. The lowest BCUT2D eigenvalue weighted by atomic mass is 10.2. The molecular formula is C11H11Br2NO4S2. The van der Waals surface area contributed by atoms with Gasteiger partial charge in [0.1, 0.15) is 0 Å². The predicted molar refractivity (Wildman–Crippen MR) is 83.4 cm³/mol. The normalized spacial score (nSPS) is 21.2. The fourth-order valence-corrected chi connectivity index (χ4v) is 5.74. The molecule has 9 heteroatoms. The van der Waals surface area contributed by atoms with E-state index in [0.29, 0.717) is 8.95 Å². The van der Waals surface area contributed by atoms with E-state index >= 15 is 0 Å². The van der Waals surface area contributed by atoms with Gasteiger partial charge in [-0.25, -0.2) is 21.6 Å². The minimum absolute atomic E-state index is 0.0526. The molecule has 0 bridgehead atoms. The van der Waals surface area contributed by atoms with Gasteiger partial charge in [0, 0.05) is 26.8 Å². The molecule has 0 spiro atoms. The molecule has 110 valence electrons. The van der Waals surface area contributed by atoms with Crippen LogP contribution in [0.3, 0.4) is 0 Å². The van der Waals surface area contributed by atoms with Crippen molar-refractivity contribution in [1.82, 2.24) is 4.72 Å². The van der Waals surface area contributed by atoms with Gasteiger partial charge in [-0.05, 0) is 34.1 Å². The van der Waals surface area contributed by atoms with Gasteiger partial charge in [-0.2, -0.15) is 0 Å². The van der Waals surface area contributed by atoms with E-state index in [0.717, 1.165) is 5.41 Å². The average Bonchev–Trinajstić information content (AvgIpc) is 2.70. The first-order valence-corrected chi connectivity index (χ1v) is 10.3. The number of rotatable bonds is 4. The van der Waals surface area contributed by atoms with Crippen LogP contribution >= 0.6 is 31.9 Å². The third kappa shape index (κ3) is 3.91. The molecule has 0 fully saturated rings. The van der Waals surface area contributed by atoms with E-state index in [1.165, 1.54) is 12.1 Å². The van der Waals surface area contributed by atoms with Gasteiger partial charge in [0.15, 0.2) is 9.84 Å². The summed E-state index contributed by atoms with van der Waals surface area (Å²) in [5, 5.41) is 1.13. The maximum absolute atomic E-state index is 12.2. The zero-order chi connectivity index (χ0) is 15.0. The molecule has 0 amide bonds. The van der Waals surface area contributed by atoms with E-state index in [4.69, 9.17) is 0 Å². The molecule has 0 radical (unpaired) electrons. The monoisotopic (exact) mass is 443 g/mol. The van der Waals surface area contributed by atoms with Crippen LogP contribution in [0.5, 0.6) is 0 Å². The number of sulfone groups is 1. The molecule has 1 heterocycles. The van der Waals surface area contributed by atoms with Crippen LogP contribution < -0.4 is 4.72 Å². The second-order valence-electron chi connectivity index (χ2n) is 4.34. The average molecular weight is 445 g/mol. The van der Waals surface area contributed by atoms with Crippen molar-refractivity contribution in [3.05, 3.63) is 38.6 Å². The van der Waals surface area contributed by atoms with Crippen LogP contribution in [0.25, 0.3) is 0 Å². The first-order chi connectivity index (χ1) is 9.20. The van der Waals surface area contributed by atoms with Crippen molar-refractivity contribution in [2.75, 3.05) is 12.3 Å². The predicted octanol–water partition coefficient (Wildman–Crippen LogP) is 2.05. The lowest BCUT2D eigenvalue weighted by Gasteiger charge is -2.11. The molecule has 1 aliphatic rings. The smallest absolute Gasteiger partial charge is 0.224 e. The molecule has 0 unspecified atom stereocenters. The Kier molecular flexibility index (Phi) is 4.75. The molecule has 1 aromatic carbocycles. The van der Waals surface area contributed by atoms with Crippen molar-refractivity contribution in [3.63, 3.8) is 0 Å². The van der Waals surface area contributed by atoms with Gasteiger partial charge in [-0.3, -0.25) is 0 Å². The Morgan fingerprint density at radius 3 is 2.60 bits per heavy atom. The topological polar surface area (TPSA) is 80.3 Å². The van der Waals surface area contributed by atoms with E-state index in [1.54, 1.807) is 12.1 Å². The highest BCUT2D eigenvalue weighted by Gasteiger charge is 2.24. The van der Waals surface area contributed by atoms with Crippen molar-refractivity contribution in [2.24, 2.45) is 5.92 Å². The summed E-state index contributed by atoms with van der Waals surface area (Å²) >= 11 is 6.41. The summed E-state index contributed by atoms with van der Waals surface area (Å²) in [5.74, 6) is -0.393. The van der Waals surface area contributed by atoms with Crippen molar-refractivity contribution >= 4 is 51.7 Å². The molecule has 0 aliphatic carbocycles. The van der Waals surface area contributed by atoms with Crippen LogP contribution in [-0.2, 0) is 19.9 Å². The molecule has 1 N–H and O–H groups in total. The summed E-state index contributed by atoms with van der Waals surface area (Å²) in [6.45, 7) is 0.0526. The highest BCUT2D eigenvalue weighted by Crippen LogP contribution is 2.25. The Labute approximate surface area is 134 Å². The van der Waals surface area contributed by atoms with Crippen molar-refractivity contribution in [3.8, 4) is 0 Å². The second kappa shape index (κ2) is 5.88. The van der Waals surface area contributed by atoms with E-state index in [-0.39, 0.29) is 23.1 Å². The molecular weight excluding hydrogens is 434 g/mol. The van der Waals surface area contributed by atoms with Crippen LogP contribution in [0.1, 0.15) is 0 Å². The molecule has 5 nitrogen and oxygen atoms in total. The van der Waals surface area contributed by atoms with Crippen molar-refractivity contribution in [2.45, 2.75) is 4.90 Å². The van der Waals surface area contributed by atoms with Gasteiger partial charge in [0.05, 0.1) is 10.6 Å². The number of nitrogens with one attached hydrogen (secondary N) is 1. The van der Waals surface area contributed by atoms with E-state index in [2.05, 4.69) is 36.6 Å². The Morgan fingerprint density at radius 1 is 1.30 bits per heavy atom. The maximum atomic E-state index is 12.2. The number of hydrogen-bond acceptors (Lipinski definition) is 4. The molecule has 0 saturated heterocycles. The van der Waals surface area contributed by atoms with E-state index < -0.39 is 19.9 Å². The van der Waals surface area contributed by atoms with Gasteiger partial charge in [0.25, 0.3) is 0 Å². The number of halogens is 2. The Morgan fingerprint density at radius 2 is 2.00 bits per heavy atom. The summed E-state index contributed by atoms with van der Waals surface area (Å²) in [5.41, 5.74) is 0. The molecule has 20 heavy (non-hydrogen) atoms. The van der Waals surface area contributed by atoms with E-state index in [9.17, 15) is 16.8 Å². The zero-order valence-electron chi connectivity index (χ0n) is 10.1. The second-order valence-corrected chi connectivity index (χ2v) is 9.78. The fourth-order valence-electron chi connectivity index (χ4n) is 1.74. The van der Waals surface area contributed by atoms with Crippen LogP contribution in [0.2, 0.25) is 0 Å². The highest BCUT2D eigenvalue weighted by atomic mass is 79.9. The van der Waals surface area contributed by atoms with Gasteiger partial charge < -0.3 is 0 Å². The Hall–Kier alpha value is -0.220. The Bertz CT molecular complexity index is 757. The van der Waals surface area contributed by atoms with Crippen LogP contribution in [0, 0.1) is 5.92 Å². The van der Waals surface area contributed by atoms with Crippen molar-refractivity contribution in [1.29, 1.82) is 0 Å². The standard InChI is InChI=1S/C11H11Br2NO4S2/c12-9-1-2-10(13)11(5-9)20(17,18)14-6-8-3-4-19(15,16)7-8/h1-5,8,14H,6-7H2/t8-/m1/s1. The Balaban J connectivity index is 2.13. The van der Waals surface area contributed by atoms with Crippen LogP contribution in [0.15, 0.2) is 43.5 Å². The first-order valence-electron chi connectivity index (χ1n) is 5.55. The van der Waals surface area contributed by atoms with Gasteiger partial charge in [-0.1, -0.05) is 22.0 Å². The van der Waals surface area contributed by atoms with Gasteiger partial charge in [-0.15, -0.1) is 0 Å². The fraction of sp³-hybridized carbons (Fsp3) is 0.273. The largest absolute Gasteiger partial charge is 0.241 e. The summed E-state index contributed by atoms with van der Waals surface area (Å²) in [6, 6.07) is 4.82.